The molecule has 0 fully saturated rings. The molecule has 0 saturated carbocycles. The van der Waals surface area contributed by atoms with Crippen LogP contribution in [0, 0.1) is 10.1 Å². The van der Waals surface area contributed by atoms with Crippen LogP contribution in [-0.2, 0) is 22.1 Å². The van der Waals surface area contributed by atoms with Crippen molar-refractivity contribution in [3.8, 4) is 0 Å². The van der Waals surface area contributed by atoms with E-state index in [1.807, 2.05) is 0 Å². The summed E-state index contributed by atoms with van der Waals surface area (Å²) in [5.74, 6) is -0.924. The van der Waals surface area contributed by atoms with E-state index in [-0.39, 0.29) is 34.4 Å². The quantitative estimate of drug-likeness (QED) is 0.481. The Morgan fingerprint density at radius 2 is 1.68 bits per heavy atom. The van der Waals surface area contributed by atoms with Crippen LogP contribution in [0.4, 0.5) is 5.69 Å². The summed E-state index contributed by atoms with van der Waals surface area (Å²) in [5.41, 5.74) is 0.246. The van der Waals surface area contributed by atoms with Gasteiger partial charge in [-0.1, -0.05) is 36.4 Å². The summed E-state index contributed by atoms with van der Waals surface area (Å²) < 4.78 is 30.1. The number of hydrogen-bond donors (Lipinski definition) is 1. The molecular formula is C19H16N2O6S. The molecule has 0 unspecified atom stereocenters. The molecule has 0 atom stereocenters. The molecule has 3 aromatic rings. The molecule has 1 heterocycles. The number of amides is 1. The predicted molar refractivity (Wildman–Crippen MR) is 100 cm³/mol. The summed E-state index contributed by atoms with van der Waals surface area (Å²) in [4.78, 5) is 22.9. The number of nitro benzene ring substituents is 1. The molecule has 144 valence electrons. The van der Waals surface area contributed by atoms with Crippen molar-refractivity contribution in [3.05, 3.63) is 93.9 Å². The molecule has 0 aliphatic rings. The second-order valence-corrected chi connectivity index (χ2v) is 7.90. The van der Waals surface area contributed by atoms with E-state index in [1.165, 1.54) is 36.4 Å². The number of hydrogen-bond acceptors (Lipinski definition) is 6. The second kappa shape index (κ2) is 8.05. The van der Waals surface area contributed by atoms with Gasteiger partial charge in [0, 0.05) is 18.2 Å². The topological polar surface area (TPSA) is 120 Å². The van der Waals surface area contributed by atoms with Gasteiger partial charge in [0.05, 0.1) is 9.82 Å². The van der Waals surface area contributed by atoms with Crippen LogP contribution in [-0.4, -0.2) is 19.2 Å². The van der Waals surface area contributed by atoms with Gasteiger partial charge in [-0.05, 0) is 24.3 Å². The summed E-state index contributed by atoms with van der Waals surface area (Å²) in [6.07, 6.45) is 0. The van der Waals surface area contributed by atoms with E-state index in [0.717, 1.165) is 0 Å². The third kappa shape index (κ3) is 4.44. The fraction of sp³-hybridized carbons (Fsp3) is 0.105. The normalized spacial score (nSPS) is 11.1. The Labute approximate surface area is 160 Å². The van der Waals surface area contributed by atoms with Crippen molar-refractivity contribution >= 4 is 21.4 Å². The average molecular weight is 400 g/mol. The van der Waals surface area contributed by atoms with E-state index < -0.39 is 20.7 Å². The number of benzene rings is 2. The Bertz CT molecular complexity index is 1110. The van der Waals surface area contributed by atoms with E-state index >= 15 is 0 Å². The molecule has 9 heteroatoms. The lowest BCUT2D eigenvalue weighted by atomic mass is 10.2. The number of furan rings is 1. The predicted octanol–water partition coefficient (Wildman–Crippen LogP) is 3.09. The number of para-hydroxylation sites is 1. The van der Waals surface area contributed by atoms with E-state index in [9.17, 15) is 23.3 Å². The summed E-state index contributed by atoms with van der Waals surface area (Å²) in [6, 6.07) is 16.8. The SMILES string of the molecule is O=C(NCc1ccccc1[N+](=O)[O-])c1ccc(CS(=O)(=O)c2ccccc2)o1. The van der Waals surface area contributed by atoms with Gasteiger partial charge in [0.15, 0.2) is 15.6 Å². The molecule has 0 spiro atoms. The molecule has 8 nitrogen and oxygen atoms in total. The van der Waals surface area contributed by atoms with E-state index in [1.54, 1.807) is 30.3 Å². The number of nitrogens with one attached hydrogen (secondary N) is 1. The molecule has 1 aromatic heterocycles. The van der Waals surface area contributed by atoms with Gasteiger partial charge in [0.1, 0.15) is 11.5 Å². The smallest absolute Gasteiger partial charge is 0.287 e. The third-order valence-corrected chi connectivity index (χ3v) is 5.60. The Morgan fingerprint density at radius 3 is 2.39 bits per heavy atom. The first kappa shape index (κ1) is 19.3. The van der Waals surface area contributed by atoms with E-state index in [0.29, 0.717) is 5.56 Å². The summed E-state index contributed by atoms with van der Waals surface area (Å²) in [7, 11) is -3.60. The van der Waals surface area contributed by atoms with E-state index in [2.05, 4.69) is 5.32 Å². The minimum atomic E-state index is -3.60. The lowest BCUT2D eigenvalue weighted by Gasteiger charge is -2.05. The monoisotopic (exact) mass is 400 g/mol. The van der Waals surface area contributed by atoms with Crippen molar-refractivity contribution in [3.63, 3.8) is 0 Å². The molecule has 0 radical (unpaired) electrons. The maximum Gasteiger partial charge on any atom is 0.287 e. The Hall–Kier alpha value is -3.46. The maximum absolute atomic E-state index is 12.4. The highest BCUT2D eigenvalue weighted by atomic mass is 32.2. The van der Waals surface area contributed by atoms with Crippen LogP contribution in [0.5, 0.6) is 0 Å². The van der Waals surface area contributed by atoms with Crippen LogP contribution in [0.1, 0.15) is 21.9 Å². The molecule has 1 amide bonds. The first-order valence-electron chi connectivity index (χ1n) is 8.24. The largest absolute Gasteiger partial charge is 0.455 e. The van der Waals surface area contributed by atoms with Gasteiger partial charge in [-0.2, -0.15) is 0 Å². The second-order valence-electron chi connectivity index (χ2n) is 5.91. The number of nitrogens with zero attached hydrogens (tertiary/aromatic N) is 1. The van der Waals surface area contributed by atoms with Gasteiger partial charge >= 0.3 is 0 Å². The number of rotatable bonds is 7. The number of sulfone groups is 1. The van der Waals surface area contributed by atoms with Crippen molar-refractivity contribution in [1.29, 1.82) is 0 Å². The fourth-order valence-corrected chi connectivity index (χ4v) is 3.85. The molecule has 0 aliphatic carbocycles. The summed E-state index contributed by atoms with van der Waals surface area (Å²) >= 11 is 0. The molecule has 0 aliphatic heterocycles. The van der Waals surface area contributed by atoms with Crippen molar-refractivity contribution in [2.75, 3.05) is 0 Å². The highest BCUT2D eigenvalue weighted by Crippen LogP contribution is 2.19. The molecule has 3 rings (SSSR count). The Kier molecular flexibility index (Phi) is 5.55. The average Bonchev–Trinajstić information content (AvgIpc) is 3.15. The van der Waals surface area contributed by atoms with Gasteiger partial charge in [-0.25, -0.2) is 8.42 Å². The maximum atomic E-state index is 12.4. The molecule has 0 bridgehead atoms. The van der Waals surface area contributed by atoms with Crippen molar-refractivity contribution in [2.45, 2.75) is 17.2 Å². The minimum Gasteiger partial charge on any atom is -0.455 e. The Balaban J connectivity index is 1.67. The fourth-order valence-electron chi connectivity index (χ4n) is 2.58. The third-order valence-electron chi connectivity index (χ3n) is 3.95. The summed E-state index contributed by atoms with van der Waals surface area (Å²) in [6.45, 7) is -0.0612. The van der Waals surface area contributed by atoms with Crippen LogP contribution < -0.4 is 5.32 Å². The summed E-state index contributed by atoms with van der Waals surface area (Å²) in [5, 5.41) is 13.5. The number of nitro groups is 1. The Morgan fingerprint density at radius 1 is 1.00 bits per heavy atom. The molecular weight excluding hydrogens is 384 g/mol. The molecule has 1 N–H and O–H groups in total. The van der Waals surface area contributed by atoms with Crippen LogP contribution in [0.15, 0.2) is 76.0 Å². The van der Waals surface area contributed by atoms with Gasteiger partial charge in [-0.15, -0.1) is 0 Å². The van der Waals surface area contributed by atoms with Gasteiger partial charge < -0.3 is 9.73 Å². The zero-order valence-corrected chi connectivity index (χ0v) is 15.4. The highest BCUT2D eigenvalue weighted by Gasteiger charge is 2.20. The number of carbonyl (C=O) groups is 1. The standard InChI is InChI=1S/C19H16N2O6S/c22-19(20-12-14-6-4-5-9-17(14)21(23)24)18-11-10-15(27-18)13-28(25,26)16-7-2-1-3-8-16/h1-11H,12-13H2,(H,20,22). The van der Waals surface area contributed by atoms with Crippen LogP contribution in [0.2, 0.25) is 0 Å². The van der Waals surface area contributed by atoms with Crippen LogP contribution >= 0.6 is 0 Å². The molecule has 2 aromatic carbocycles. The highest BCUT2D eigenvalue weighted by molar-refractivity contribution is 7.90. The lowest BCUT2D eigenvalue weighted by molar-refractivity contribution is -0.385. The zero-order valence-electron chi connectivity index (χ0n) is 14.6. The molecule has 0 saturated heterocycles. The van der Waals surface area contributed by atoms with E-state index in [4.69, 9.17) is 4.42 Å². The van der Waals surface area contributed by atoms with Crippen molar-refractivity contribution < 1.29 is 22.6 Å². The van der Waals surface area contributed by atoms with Crippen LogP contribution in [0.25, 0.3) is 0 Å². The zero-order chi connectivity index (χ0) is 20.1. The van der Waals surface area contributed by atoms with Gasteiger partial charge in [0.25, 0.3) is 11.6 Å². The lowest BCUT2D eigenvalue weighted by Crippen LogP contribution is -2.22. The van der Waals surface area contributed by atoms with Gasteiger partial charge in [0.2, 0.25) is 0 Å². The van der Waals surface area contributed by atoms with Crippen molar-refractivity contribution in [1.82, 2.24) is 5.32 Å². The van der Waals surface area contributed by atoms with Crippen molar-refractivity contribution in [2.24, 2.45) is 0 Å². The first-order valence-corrected chi connectivity index (χ1v) is 9.89. The first-order chi connectivity index (χ1) is 13.4. The minimum absolute atomic E-state index is 0.0612. The van der Waals surface area contributed by atoms with Gasteiger partial charge in [-0.3, -0.25) is 14.9 Å². The van der Waals surface area contributed by atoms with Crippen LogP contribution in [0.3, 0.4) is 0 Å². The molecule has 28 heavy (non-hydrogen) atoms. The number of carbonyl (C=O) groups excluding carboxylic acids is 1.